The van der Waals surface area contributed by atoms with Crippen molar-refractivity contribution in [2.45, 2.75) is 6.29 Å². The minimum Gasteiger partial charge on any atom is -0.460 e. The molecule has 1 heterocycles. The Bertz CT molecular complexity index is 551. The maximum atomic E-state index is 9.89. The van der Waals surface area contributed by atoms with Crippen LogP contribution in [0.25, 0.3) is 11.1 Å². The maximum absolute atomic E-state index is 9.89. The van der Waals surface area contributed by atoms with E-state index in [0.29, 0.717) is 0 Å². The molecule has 0 bridgehead atoms. The first-order valence-electron chi connectivity index (χ1n) is 4.99. The van der Waals surface area contributed by atoms with Crippen molar-refractivity contribution in [2.75, 3.05) is 0 Å². The van der Waals surface area contributed by atoms with Gasteiger partial charge in [0.25, 0.3) is 0 Å². The van der Waals surface area contributed by atoms with Crippen molar-refractivity contribution in [3.63, 3.8) is 0 Å². The second-order valence-corrected chi connectivity index (χ2v) is 4.61. The van der Waals surface area contributed by atoms with E-state index in [1.54, 1.807) is 0 Å². The van der Waals surface area contributed by atoms with Gasteiger partial charge in [-0.15, -0.1) is 0 Å². The Morgan fingerprint density at radius 3 is 2.75 bits per heavy atom. The number of hydrogen-bond acceptors (Lipinski definition) is 2. The van der Waals surface area contributed by atoms with Crippen LogP contribution in [0.15, 0.2) is 46.9 Å². The van der Waals surface area contributed by atoms with Gasteiger partial charge in [-0.2, -0.15) is 0 Å². The molecule has 1 atom stereocenters. The first kappa shape index (κ1) is 9.87. The molecule has 3 rings (SSSR count). The summed E-state index contributed by atoms with van der Waals surface area (Å²) in [5.41, 5.74) is 2.85. The predicted molar refractivity (Wildman–Crippen MR) is 65.2 cm³/mol. The zero-order chi connectivity index (χ0) is 11.1. The second kappa shape index (κ2) is 3.61. The van der Waals surface area contributed by atoms with Gasteiger partial charge in [0.1, 0.15) is 5.75 Å². The van der Waals surface area contributed by atoms with E-state index in [1.165, 1.54) is 0 Å². The third kappa shape index (κ3) is 1.44. The molecule has 1 N–H and O–H groups in total. The van der Waals surface area contributed by atoms with E-state index in [4.69, 9.17) is 4.74 Å². The monoisotopic (exact) mass is 276 g/mol. The molecule has 0 amide bonds. The quantitative estimate of drug-likeness (QED) is 0.798. The van der Waals surface area contributed by atoms with Gasteiger partial charge in [0.15, 0.2) is 0 Å². The number of hydrogen-bond donors (Lipinski definition) is 1. The Hall–Kier alpha value is -1.32. The van der Waals surface area contributed by atoms with E-state index in [9.17, 15) is 5.11 Å². The van der Waals surface area contributed by atoms with Crippen LogP contribution in [-0.4, -0.2) is 5.11 Å². The third-order valence-electron chi connectivity index (χ3n) is 2.70. The average Bonchev–Trinajstić information content (AvgIpc) is 2.29. The van der Waals surface area contributed by atoms with Crippen molar-refractivity contribution in [3.05, 3.63) is 52.5 Å². The maximum Gasteiger partial charge on any atom is 0.224 e. The van der Waals surface area contributed by atoms with Crippen molar-refractivity contribution < 1.29 is 9.84 Å². The lowest BCUT2D eigenvalue weighted by Crippen LogP contribution is -2.13. The molecule has 0 saturated carbocycles. The molecule has 2 aromatic carbocycles. The molecule has 16 heavy (non-hydrogen) atoms. The van der Waals surface area contributed by atoms with Crippen LogP contribution in [0.5, 0.6) is 5.75 Å². The second-order valence-electron chi connectivity index (χ2n) is 3.70. The SMILES string of the molecule is OC1Oc2ccccc2-c2ccc(Br)cc21. The molecular formula is C13H9BrO2. The highest BCUT2D eigenvalue weighted by Gasteiger charge is 2.23. The molecule has 1 aliphatic rings. The topological polar surface area (TPSA) is 29.5 Å². The lowest BCUT2D eigenvalue weighted by atomic mass is 9.96. The highest BCUT2D eigenvalue weighted by molar-refractivity contribution is 9.10. The summed E-state index contributed by atoms with van der Waals surface area (Å²) in [6.45, 7) is 0. The van der Waals surface area contributed by atoms with Gasteiger partial charge in [-0.3, -0.25) is 0 Å². The number of halogens is 1. The van der Waals surface area contributed by atoms with E-state index in [-0.39, 0.29) is 0 Å². The molecule has 3 heteroatoms. The Morgan fingerprint density at radius 2 is 1.88 bits per heavy atom. The van der Waals surface area contributed by atoms with E-state index < -0.39 is 6.29 Å². The van der Waals surface area contributed by atoms with Crippen LogP contribution in [0.1, 0.15) is 11.9 Å². The molecule has 2 nitrogen and oxygen atoms in total. The lowest BCUT2D eigenvalue weighted by molar-refractivity contribution is -0.0213. The molecule has 0 spiro atoms. The Kier molecular flexibility index (Phi) is 2.23. The summed E-state index contributed by atoms with van der Waals surface area (Å²) in [6.07, 6.45) is -0.887. The number of rotatable bonds is 0. The zero-order valence-electron chi connectivity index (χ0n) is 8.35. The van der Waals surface area contributed by atoms with Gasteiger partial charge < -0.3 is 9.84 Å². The molecule has 2 aromatic rings. The Labute approximate surface area is 102 Å². The van der Waals surface area contributed by atoms with Gasteiger partial charge in [0, 0.05) is 15.6 Å². The first-order chi connectivity index (χ1) is 7.75. The van der Waals surface area contributed by atoms with Gasteiger partial charge in [-0.05, 0) is 23.8 Å². The summed E-state index contributed by atoms with van der Waals surface area (Å²) in [5, 5.41) is 9.89. The summed E-state index contributed by atoms with van der Waals surface area (Å²) in [6, 6.07) is 13.6. The van der Waals surface area contributed by atoms with Crippen LogP contribution < -0.4 is 4.74 Å². The Balaban J connectivity index is 2.28. The molecule has 1 aliphatic heterocycles. The predicted octanol–water partition coefficient (Wildman–Crippen LogP) is 3.50. The Morgan fingerprint density at radius 1 is 1.06 bits per heavy atom. The molecule has 0 aromatic heterocycles. The molecule has 1 unspecified atom stereocenters. The summed E-state index contributed by atoms with van der Waals surface area (Å²) >= 11 is 3.39. The van der Waals surface area contributed by atoms with Gasteiger partial charge >= 0.3 is 0 Å². The number of fused-ring (bicyclic) bond motifs is 3. The normalized spacial score (nSPS) is 17.2. The highest BCUT2D eigenvalue weighted by atomic mass is 79.9. The fourth-order valence-electron chi connectivity index (χ4n) is 1.96. The van der Waals surface area contributed by atoms with Crippen molar-refractivity contribution in [1.82, 2.24) is 0 Å². The number of para-hydroxylation sites is 1. The molecule has 0 fully saturated rings. The van der Waals surface area contributed by atoms with Crippen LogP contribution in [0, 0.1) is 0 Å². The summed E-state index contributed by atoms with van der Waals surface area (Å²) < 4.78 is 6.39. The average molecular weight is 277 g/mol. The van der Waals surface area contributed by atoms with E-state index >= 15 is 0 Å². The van der Waals surface area contributed by atoms with Crippen LogP contribution in [0.4, 0.5) is 0 Å². The minimum absolute atomic E-state index is 0.727. The fourth-order valence-corrected chi connectivity index (χ4v) is 2.34. The van der Waals surface area contributed by atoms with Gasteiger partial charge in [-0.1, -0.05) is 40.2 Å². The molecular weight excluding hydrogens is 268 g/mol. The summed E-state index contributed by atoms with van der Waals surface area (Å²) in [4.78, 5) is 0. The van der Waals surface area contributed by atoms with Gasteiger partial charge in [0.05, 0.1) is 0 Å². The van der Waals surface area contributed by atoms with Gasteiger partial charge in [0.2, 0.25) is 6.29 Å². The number of aliphatic hydroxyl groups is 1. The molecule has 80 valence electrons. The lowest BCUT2D eigenvalue weighted by Gasteiger charge is -2.25. The molecule has 0 radical (unpaired) electrons. The highest BCUT2D eigenvalue weighted by Crippen LogP contribution is 2.41. The standard InChI is InChI=1S/C13H9BrO2/c14-8-5-6-9-10-3-1-2-4-12(10)16-13(15)11(9)7-8/h1-7,13,15H. The number of aliphatic hydroxyl groups excluding tert-OH is 1. The summed E-state index contributed by atoms with van der Waals surface area (Å²) in [5.74, 6) is 0.727. The van der Waals surface area contributed by atoms with E-state index in [2.05, 4.69) is 15.9 Å². The van der Waals surface area contributed by atoms with Crippen LogP contribution in [0.3, 0.4) is 0 Å². The van der Waals surface area contributed by atoms with Gasteiger partial charge in [-0.25, -0.2) is 0 Å². The largest absolute Gasteiger partial charge is 0.460 e. The van der Waals surface area contributed by atoms with E-state index in [1.807, 2.05) is 42.5 Å². The zero-order valence-corrected chi connectivity index (χ0v) is 9.94. The van der Waals surface area contributed by atoms with Crippen LogP contribution in [0.2, 0.25) is 0 Å². The number of benzene rings is 2. The first-order valence-corrected chi connectivity index (χ1v) is 5.78. The third-order valence-corrected chi connectivity index (χ3v) is 3.19. The van der Waals surface area contributed by atoms with Crippen molar-refractivity contribution in [1.29, 1.82) is 0 Å². The smallest absolute Gasteiger partial charge is 0.224 e. The van der Waals surface area contributed by atoms with E-state index in [0.717, 1.165) is 26.9 Å². The van der Waals surface area contributed by atoms with Crippen molar-refractivity contribution >= 4 is 15.9 Å². The number of ether oxygens (including phenoxy) is 1. The summed E-state index contributed by atoms with van der Waals surface area (Å²) in [7, 11) is 0. The van der Waals surface area contributed by atoms with Crippen molar-refractivity contribution in [3.8, 4) is 16.9 Å². The minimum atomic E-state index is -0.887. The molecule has 0 aliphatic carbocycles. The fraction of sp³-hybridized carbons (Fsp3) is 0.0769. The van der Waals surface area contributed by atoms with Crippen molar-refractivity contribution in [2.24, 2.45) is 0 Å². The van der Waals surface area contributed by atoms with Crippen LogP contribution >= 0.6 is 15.9 Å². The van der Waals surface area contributed by atoms with Crippen LogP contribution in [-0.2, 0) is 0 Å². The molecule has 0 saturated heterocycles.